The molecule has 0 saturated carbocycles. The van der Waals surface area contributed by atoms with Gasteiger partial charge in [-0.25, -0.2) is 4.98 Å². The summed E-state index contributed by atoms with van der Waals surface area (Å²) in [4.78, 5) is 4.48. The van der Waals surface area contributed by atoms with Crippen molar-refractivity contribution in [2.75, 3.05) is 0 Å². The monoisotopic (exact) mass is 284 g/mol. The first-order valence-corrected chi connectivity index (χ1v) is 6.58. The number of hydrogen-bond donors (Lipinski definition) is 0. The summed E-state index contributed by atoms with van der Waals surface area (Å²) in [6.07, 6.45) is 2.19. The number of aromatic nitrogens is 2. The molecule has 2 nitrogen and oxygen atoms in total. The zero-order valence-corrected chi connectivity index (χ0v) is 11.4. The van der Waals surface area contributed by atoms with Crippen LogP contribution in [-0.4, -0.2) is 9.55 Å². The molecule has 0 N–H and O–H groups in total. The van der Waals surface area contributed by atoms with Gasteiger partial charge in [-0.1, -0.05) is 0 Å². The molecule has 0 aliphatic heterocycles. The van der Waals surface area contributed by atoms with Gasteiger partial charge in [-0.2, -0.15) is 0 Å². The molecule has 0 atom stereocenters. The van der Waals surface area contributed by atoms with Gasteiger partial charge in [0.1, 0.15) is 9.61 Å². The van der Waals surface area contributed by atoms with Crippen molar-refractivity contribution in [2.24, 2.45) is 0 Å². The van der Waals surface area contributed by atoms with Crippen LogP contribution in [0.1, 0.15) is 18.1 Å². The van der Waals surface area contributed by atoms with Crippen LogP contribution in [0.2, 0.25) is 0 Å². The van der Waals surface area contributed by atoms with E-state index in [0.29, 0.717) is 0 Å². The van der Waals surface area contributed by atoms with Crippen molar-refractivity contribution in [2.45, 2.75) is 27.3 Å². The van der Waals surface area contributed by atoms with Crippen molar-refractivity contribution < 1.29 is 0 Å². The van der Waals surface area contributed by atoms with Gasteiger partial charge in [0, 0.05) is 18.1 Å². The van der Waals surface area contributed by atoms with E-state index in [1.807, 2.05) is 5.38 Å². The summed E-state index contributed by atoms with van der Waals surface area (Å²) in [6.45, 7) is 7.45. The minimum atomic E-state index is 0.920. The highest BCUT2D eigenvalue weighted by atomic mass is 79.9. The van der Waals surface area contributed by atoms with Crippen molar-refractivity contribution in [3.05, 3.63) is 27.3 Å². The maximum atomic E-state index is 4.48. The number of aryl methyl sites for hydroxylation is 2. The van der Waals surface area contributed by atoms with E-state index in [4.69, 9.17) is 0 Å². The Labute approximate surface area is 102 Å². The highest BCUT2D eigenvalue weighted by molar-refractivity contribution is 9.10. The summed E-state index contributed by atoms with van der Waals surface area (Å²) >= 11 is 5.08. The zero-order chi connectivity index (χ0) is 11.0. The average Bonchev–Trinajstić information content (AvgIpc) is 2.73. The third-order valence-corrected chi connectivity index (χ3v) is 4.16. The van der Waals surface area contributed by atoms with E-state index < -0.39 is 0 Å². The molecule has 0 fully saturated rings. The first-order chi connectivity index (χ1) is 7.13. The SMILES string of the molecule is CCn1cc(C)c(C)c1-c1nc(Br)cs1. The standard InChI is InChI=1S/C11H13BrN2S/c1-4-14-5-7(2)8(3)10(14)11-13-9(12)6-15-11/h5-6H,4H2,1-3H3. The zero-order valence-electron chi connectivity index (χ0n) is 9.04. The Kier molecular flexibility index (Phi) is 2.98. The first kappa shape index (κ1) is 10.9. The van der Waals surface area contributed by atoms with Gasteiger partial charge < -0.3 is 4.57 Å². The Balaban J connectivity index is 2.60. The molecule has 0 amide bonds. The number of halogens is 1. The first-order valence-electron chi connectivity index (χ1n) is 4.91. The van der Waals surface area contributed by atoms with E-state index in [1.165, 1.54) is 16.8 Å². The predicted octanol–water partition coefficient (Wildman–Crippen LogP) is 4.01. The molecule has 0 aliphatic carbocycles. The van der Waals surface area contributed by atoms with Gasteiger partial charge in [0.25, 0.3) is 0 Å². The number of nitrogens with zero attached hydrogens (tertiary/aromatic N) is 2. The van der Waals surface area contributed by atoms with Crippen LogP contribution in [0.15, 0.2) is 16.2 Å². The molecular weight excluding hydrogens is 272 g/mol. The van der Waals surface area contributed by atoms with Gasteiger partial charge in [0.15, 0.2) is 0 Å². The molecule has 0 aliphatic rings. The maximum Gasteiger partial charge on any atom is 0.141 e. The third kappa shape index (κ3) is 1.88. The number of thiazole rings is 1. The molecule has 4 heteroatoms. The van der Waals surface area contributed by atoms with Crippen molar-refractivity contribution in [1.82, 2.24) is 9.55 Å². The normalized spacial score (nSPS) is 10.9. The minimum Gasteiger partial charge on any atom is -0.345 e. The van der Waals surface area contributed by atoms with Crippen LogP contribution in [0.25, 0.3) is 10.7 Å². The van der Waals surface area contributed by atoms with Crippen LogP contribution < -0.4 is 0 Å². The van der Waals surface area contributed by atoms with Crippen LogP contribution in [0.4, 0.5) is 0 Å². The summed E-state index contributed by atoms with van der Waals surface area (Å²) < 4.78 is 3.18. The number of hydrogen-bond acceptors (Lipinski definition) is 2. The van der Waals surface area contributed by atoms with E-state index in [1.54, 1.807) is 11.3 Å². The van der Waals surface area contributed by atoms with Gasteiger partial charge in [0.2, 0.25) is 0 Å². The lowest BCUT2D eigenvalue weighted by Gasteiger charge is -2.04. The lowest BCUT2D eigenvalue weighted by Crippen LogP contribution is -1.95. The maximum absolute atomic E-state index is 4.48. The average molecular weight is 285 g/mol. The molecule has 0 unspecified atom stereocenters. The molecule has 0 aromatic carbocycles. The summed E-state index contributed by atoms with van der Waals surface area (Å²) in [5.74, 6) is 0. The summed E-state index contributed by atoms with van der Waals surface area (Å²) in [6, 6.07) is 0. The molecule has 2 rings (SSSR count). The van der Waals surface area contributed by atoms with Crippen molar-refractivity contribution in [3.63, 3.8) is 0 Å². The molecule has 0 spiro atoms. The van der Waals surface area contributed by atoms with Crippen LogP contribution in [-0.2, 0) is 6.54 Å². The summed E-state index contributed by atoms with van der Waals surface area (Å²) in [7, 11) is 0. The molecule has 0 bridgehead atoms. The van der Waals surface area contributed by atoms with Crippen LogP contribution >= 0.6 is 27.3 Å². The Morgan fingerprint density at radius 3 is 2.73 bits per heavy atom. The van der Waals surface area contributed by atoms with Crippen molar-refractivity contribution >= 4 is 27.3 Å². The summed E-state index contributed by atoms with van der Waals surface area (Å²) in [5.41, 5.74) is 3.92. The van der Waals surface area contributed by atoms with Crippen LogP contribution in [0, 0.1) is 13.8 Å². The van der Waals surface area contributed by atoms with Gasteiger partial charge >= 0.3 is 0 Å². The van der Waals surface area contributed by atoms with Gasteiger partial charge in [-0.15, -0.1) is 11.3 Å². The van der Waals surface area contributed by atoms with E-state index >= 15 is 0 Å². The predicted molar refractivity (Wildman–Crippen MR) is 68.4 cm³/mol. The Hall–Kier alpha value is -0.610. The molecule has 80 valence electrons. The van der Waals surface area contributed by atoms with E-state index in [9.17, 15) is 0 Å². The Bertz CT molecular complexity index is 485. The quantitative estimate of drug-likeness (QED) is 0.815. The topological polar surface area (TPSA) is 17.8 Å². The second-order valence-electron chi connectivity index (χ2n) is 3.55. The highest BCUT2D eigenvalue weighted by Gasteiger charge is 2.13. The van der Waals surface area contributed by atoms with E-state index in [2.05, 4.69) is 52.4 Å². The van der Waals surface area contributed by atoms with Crippen LogP contribution in [0.5, 0.6) is 0 Å². The second-order valence-corrected chi connectivity index (χ2v) is 5.22. The number of rotatable bonds is 2. The lowest BCUT2D eigenvalue weighted by molar-refractivity contribution is 0.773. The largest absolute Gasteiger partial charge is 0.345 e. The minimum absolute atomic E-state index is 0.920. The van der Waals surface area contributed by atoms with Crippen molar-refractivity contribution in [3.8, 4) is 10.7 Å². The van der Waals surface area contributed by atoms with E-state index in [0.717, 1.165) is 16.2 Å². The Morgan fingerprint density at radius 1 is 1.47 bits per heavy atom. The smallest absolute Gasteiger partial charge is 0.141 e. The van der Waals surface area contributed by atoms with Gasteiger partial charge in [-0.05, 0) is 47.8 Å². The molecule has 2 aromatic heterocycles. The van der Waals surface area contributed by atoms with Crippen LogP contribution in [0.3, 0.4) is 0 Å². The lowest BCUT2D eigenvalue weighted by atomic mass is 10.2. The van der Waals surface area contributed by atoms with Crippen molar-refractivity contribution in [1.29, 1.82) is 0 Å². The molecular formula is C11H13BrN2S. The van der Waals surface area contributed by atoms with Gasteiger partial charge in [-0.3, -0.25) is 0 Å². The molecule has 15 heavy (non-hydrogen) atoms. The fraction of sp³-hybridized carbons (Fsp3) is 0.364. The fourth-order valence-corrected chi connectivity index (χ4v) is 3.06. The molecule has 2 aromatic rings. The molecule has 0 radical (unpaired) electrons. The summed E-state index contributed by atoms with van der Waals surface area (Å²) in [5, 5.41) is 3.12. The van der Waals surface area contributed by atoms with E-state index in [-0.39, 0.29) is 0 Å². The Morgan fingerprint density at radius 2 is 2.20 bits per heavy atom. The molecule has 0 saturated heterocycles. The molecule has 2 heterocycles. The second kappa shape index (κ2) is 4.10. The highest BCUT2D eigenvalue weighted by Crippen LogP contribution is 2.31. The fourth-order valence-electron chi connectivity index (χ4n) is 1.69. The van der Waals surface area contributed by atoms with Gasteiger partial charge in [0.05, 0.1) is 5.69 Å². The third-order valence-electron chi connectivity index (χ3n) is 2.60.